The van der Waals surface area contributed by atoms with Crippen molar-refractivity contribution < 1.29 is 4.79 Å². The molecule has 0 aliphatic carbocycles. The molecule has 0 spiro atoms. The van der Waals surface area contributed by atoms with Crippen LogP contribution in [-0.4, -0.2) is 21.4 Å². The smallest absolute Gasteiger partial charge is 0.255 e. The van der Waals surface area contributed by atoms with Crippen molar-refractivity contribution in [3.63, 3.8) is 0 Å². The fourth-order valence-electron chi connectivity index (χ4n) is 1.92. The van der Waals surface area contributed by atoms with E-state index in [0.29, 0.717) is 12.0 Å². The summed E-state index contributed by atoms with van der Waals surface area (Å²) in [6.07, 6.45) is 5.47. The highest BCUT2D eigenvalue weighted by atomic mass is 16.1. The lowest BCUT2D eigenvalue weighted by Crippen LogP contribution is -2.45. The maximum Gasteiger partial charge on any atom is 0.255 e. The summed E-state index contributed by atoms with van der Waals surface area (Å²) < 4.78 is 0. The van der Waals surface area contributed by atoms with Crippen molar-refractivity contribution >= 4 is 5.91 Å². The highest BCUT2D eigenvalue weighted by Crippen LogP contribution is 2.14. The number of nitriles is 1. The summed E-state index contributed by atoms with van der Waals surface area (Å²) in [5.41, 5.74) is 0.554. The van der Waals surface area contributed by atoms with Gasteiger partial charge >= 0.3 is 0 Å². The lowest BCUT2D eigenvalue weighted by molar-refractivity contribution is 0.0921. The zero-order chi connectivity index (χ0) is 15.1. The molecule has 1 heterocycles. The highest BCUT2D eigenvalue weighted by Gasteiger charge is 2.26. The topological polar surface area (TPSA) is 78.7 Å². The number of aryl methyl sites for hydroxylation is 1. The molecule has 5 nitrogen and oxygen atoms in total. The van der Waals surface area contributed by atoms with E-state index in [0.717, 1.165) is 12.0 Å². The van der Waals surface area contributed by atoms with E-state index in [1.165, 1.54) is 18.7 Å². The Bertz CT molecular complexity index is 636. The zero-order valence-corrected chi connectivity index (χ0v) is 11.8. The minimum Gasteiger partial charge on any atom is -0.334 e. The second-order valence-electron chi connectivity index (χ2n) is 5.01. The molecule has 1 atom stereocenters. The quantitative estimate of drug-likeness (QED) is 0.910. The number of carbonyl (C=O) groups is 1. The molecule has 0 radical (unpaired) electrons. The minimum absolute atomic E-state index is 0.340. The summed E-state index contributed by atoms with van der Waals surface area (Å²) in [6, 6.07) is 12.0. The van der Waals surface area contributed by atoms with Crippen molar-refractivity contribution in [1.29, 1.82) is 5.26 Å². The SMILES string of the molecule is CC(C#N)(CCc1ccccc1)NC(=O)c1cncnc1. The van der Waals surface area contributed by atoms with Gasteiger partial charge in [-0.15, -0.1) is 0 Å². The van der Waals surface area contributed by atoms with Crippen molar-refractivity contribution in [3.05, 3.63) is 60.2 Å². The van der Waals surface area contributed by atoms with Crippen LogP contribution in [0, 0.1) is 11.3 Å². The number of benzene rings is 1. The third-order valence-electron chi connectivity index (χ3n) is 3.22. The monoisotopic (exact) mass is 280 g/mol. The van der Waals surface area contributed by atoms with Crippen LogP contribution in [0.2, 0.25) is 0 Å². The number of hydrogen-bond acceptors (Lipinski definition) is 4. The third-order valence-corrected chi connectivity index (χ3v) is 3.22. The van der Waals surface area contributed by atoms with Gasteiger partial charge in [-0.1, -0.05) is 30.3 Å². The van der Waals surface area contributed by atoms with Gasteiger partial charge in [-0.25, -0.2) is 9.97 Å². The van der Waals surface area contributed by atoms with E-state index in [-0.39, 0.29) is 5.91 Å². The molecule has 21 heavy (non-hydrogen) atoms. The normalized spacial score (nSPS) is 13.0. The molecule has 5 heteroatoms. The Hall–Kier alpha value is -2.74. The first kappa shape index (κ1) is 14.7. The molecule has 2 rings (SSSR count). The molecular formula is C16H16N4O. The molecule has 0 saturated carbocycles. The molecule has 2 aromatic rings. The second kappa shape index (κ2) is 6.62. The molecular weight excluding hydrogens is 264 g/mol. The van der Waals surface area contributed by atoms with E-state index in [4.69, 9.17) is 0 Å². The van der Waals surface area contributed by atoms with Gasteiger partial charge in [0.25, 0.3) is 5.91 Å². The predicted octanol–water partition coefficient (Wildman–Crippen LogP) is 2.12. The second-order valence-corrected chi connectivity index (χ2v) is 5.01. The first-order valence-electron chi connectivity index (χ1n) is 6.66. The van der Waals surface area contributed by atoms with Crippen LogP contribution in [0.15, 0.2) is 49.1 Å². The number of nitrogens with one attached hydrogen (secondary N) is 1. The van der Waals surface area contributed by atoms with Crippen molar-refractivity contribution in [2.75, 3.05) is 0 Å². The fourth-order valence-corrected chi connectivity index (χ4v) is 1.92. The molecule has 0 aliphatic rings. The summed E-state index contributed by atoms with van der Waals surface area (Å²) in [5.74, 6) is -0.340. The summed E-state index contributed by atoms with van der Waals surface area (Å²) in [4.78, 5) is 19.7. The molecule has 0 fully saturated rings. The molecule has 0 bridgehead atoms. The zero-order valence-electron chi connectivity index (χ0n) is 11.8. The van der Waals surface area contributed by atoms with Gasteiger partial charge in [0.2, 0.25) is 0 Å². The van der Waals surface area contributed by atoms with Crippen LogP contribution in [-0.2, 0) is 6.42 Å². The first-order chi connectivity index (χ1) is 10.1. The van der Waals surface area contributed by atoms with E-state index in [2.05, 4.69) is 21.4 Å². The Morgan fingerprint density at radius 3 is 2.57 bits per heavy atom. The molecule has 1 aromatic heterocycles. The van der Waals surface area contributed by atoms with Crippen LogP contribution in [0.4, 0.5) is 0 Å². The van der Waals surface area contributed by atoms with Crippen LogP contribution in [0.5, 0.6) is 0 Å². The number of rotatable bonds is 5. The number of aromatic nitrogens is 2. The van der Waals surface area contributed by atoms with E-state index in [9.17, 15) is 10.1 Å². The predicted molar refractivity (Wildman–Crippen MR) is 78.3 cm³/mol. The number of carbonyl (C=O) groups excluding carboxylic acids is 1. The van der Waals surface area contributed by atoms with Crippen molar-refractivity contribution in [2.45, 2.75) is 25.3 Å². The van der Waals surface area contributed by atoms with Gasteiger partial charge in [-0.05, 0) is 25.3 Å². The van der Waals surface area contributed by atoms with Crippen LogP contribution in [0.1, 0.15) is 29.3 Å². The van der Waals surface area contributed by atoms with Crippen molar-refractivity contribution in [1.82, 2.24) is 15.3 Å². The lowest BCUT2D eigenvalue weighted by Gasteiger charge is -2.23. The Balaban J connectivity index is 2.01. The Morgan fingerprint density at radius 1 is 1.29 bits per heavy atom. The summed E-state index contributed by atoms with van der Waals surface area (Å²) in [5, 5.41) is 12.1. The Kier molecular flexibility index (Phi) is 4.62. The Morgan fingerprint density at radius 2 is 1.95 bits per heavy atom. The molecule has 1 aromatic carbocycles. The summed E-state index contributed by atoms with van der Waals surface area (Å²) >= 11 is 0. The highest BCUT2D eigenvalue weighted by molar-refractivity contribution is 5.94. The van der Waals surface area contributed by atoms with Gasteiger partial charge in [0.05, 0.1) is 11.6 Å². The van der Waals surface area contributed by atoms with Crippen LogP contribution >= 0.6 is 0 Å². The average molecular weight is 280 g/mol. The largest absolute Gasteiger partial charge is 0.334 e. The molecule has 106 valence electrons. The van der Waals surface area contributed by atoms with Crippen LogP contribution in [0.3, 0.4) is 0 Å². The van der Waals surface area contributed by atoms with Gasteiger partial charge in [0.1, 0.15) is 11.9 Å². The maximum absolute atomic E-state index is 12.1. The standard InChI is InChI=1S/C16H16N4O/c1-16(11-17,8-7-13-5-3-2-4-6-13)20-15(21)14-9-18-12-19-10-14/h2-6,9-10,12H,7-8H2,1H3,(H,20,21). The summed E-state index contributed by atoms with van der Waals surface area (Å²) in [6.45, 7) is 1.72. The van der Waals surface area contributed by atoms with Crippen molar-refractivity contribution in [2.24, 2.45) is 0 Å². The average Bonchev–Trinajstić information content (AvgIpc) is 2.55. The third kappa shape index (κ3) is 4.11. The van der Waals surface area contributed by atoms with E-state index >= 15 is 0 Å². The maximum atomic E-state index is 12.1. The van der Waals surface area contributed by atoms with Gasteiger partial charge in [-0.2, -0.15) is 5.26 Å². The summed E-state index contributed by atoms with van der Waals surface area (Å²) in [7, 11) is 0. The molecule has 0 aliphatic heterocycles. The van der Waals surface area contributed by atoms with E-state index in [1.54, 1.807) is 6.92 Å². The van der Waals surface area contributed by atoms with Crippen LogP contribution < -0.4 is 5.32 Å². The minimum atomic E-state index is -0.928. The number of hydrogen-bond donors (Lipinski definition) is 1. The van der Waals surface area contributed by atoms with Gasteiger partial charge in [0.15, 0.2) is 0 Å². The van der Waals surface area contributed by atoms with Gasteiger partial charge < -0.3 is 5.32 Å². The van der Waals surface area contributed by atoms with Gasteiger partial charge in [0, 0.05) is 12.4 Å². The molecule has 1 amide bonds. The molecule has 1 unspecified atom stereocenters. The number of amides is 1. The van der Waals surface area contributed by atoms with Gasteiger partial charge in [-0.3, -0.25) is 4.79 Å². The van der Waals surface area contributed by atoms with Crippen molar-refractivity contribution in [3.8, 4) is 6.07 Å². The molecule has 0 saturated heterocycles. The van der Waals surface area contributed by atoms with Crippen LogP contribution in [0.25, 0.3) is 0 Å². The first-order valence-corrected chi connectivity index (χ1v) is 6.66. The lowest BCUT2D eigenvalue weighted by atomic mass is 9.94. The van der Waals surface area contributed by atoms with E-state index < -0.39 is 5.54 Å². The molecule has 1 N–H and O–H groups in total. The fraction of sp³-hybridized carbons (Fsp3) is 0.250. The number of nitrogens with zero attached hydrogens (tertiary/aromatic N) is 3. The Labute approximate surface area is 123 Å². The van der Waals surface area contributed by atoms with E-state index in [1.807, 2.05) is 30.3 Å².